The fraction of sp³-hybridized carbons (Fsp3) is 0.536. The molecule has 4 aliphatic rings. The summed E-state index contributed by atoms with van der Waals surface area (Å²) in [5, 5.41) is 10.4. The highest BCUT2D eigenvalue weighted by atomic mass is 19.1. The van der Waals surface area contributed by atoms with Crippen LogP contribution in [0.5, 0.6) is 5.75 Å². The monoisotopic (exact) mass is 466 g/mol. The molecule has 6 rings (SSSR count). The number of nitrogens with zero attached hydrogens (tertiary/aromatic N) is 2. The number of halogens is 1. The average Bonchev–Trinajstić information content (AvgIpc) is 3.03. The van der Waals surface area contributed by atoms with Crippen LogP contribution in [0.1, 0.15) is 57.7 Å². The summed E-state index contributed by atoms with van der Waals surface area (Å²) in [4.78, 5) is 16.7. The first-order chi connectivity index (χ1) is 16.1. The molecule has 2 atom stereocenters. The Labute approximate surface area is 201 Å². The second-order valence-electron chi connectivity index (χ2n) is 11.2. The fourth-order valence-corrected chi connectivity index (χ4v) is 6.50. The van der Waals surface area contributed by atoms with Crippen LogP contribution in [0.4, 0.5) is 9.18 Å². The second-order valence-corrected chi connectivity index (χ2v) is 11.2. The molecule has 0 saturated carbocycles. The summed E-state index contributed by atoms with van der Waals surface area (Å²) in [7, 11) is 0. The zero-order chi connectivity index (χ0) is 24.2. The van der Waals surface area contributed by atoms with Crippen molar-refractivity contribution in [3.05, 3.63) is 53.3 Å². The van der Waals surface area contributed by atoms with Crippen molar-refractivity contribution in [1.82, 2.24) is 9.80 Å². The second kappa shape index (κ2) is 8.56. The summed E-state index contributed by atoms with van der Waals surface area (Å²) < 4.78 is 21.4. The smallest absolute Gasteiger partial charge is 0.408 e. The Bertz CT molecular complexity index is 1090. The van der Waals surface area contributed by atoms with Crippen molar-refractivity contribution in [2.45, 2.75) is 65.1 Å². The van der Waals surface area contributed by atoms with E-state index in [-0.39, 0.29) is 29.4 Å². The molecular formula is C28H35FN2O3. The van der Waals surface area contributed by atoms with Gasteiger partial charge in [-0.1, -0.05) is 26.0 Å². The van der Waals surface area contributed by atoms with Crippen LogP contribution in [0.2, 0.25) is 0 Å². The van der Waals surface area contributed by atoms with Crippen molar-refractivity contribution in [3.63, 3.8) is 0 Å². The number of carboxylic acid groups (broad SMARTS) is 1. The maximum atomic E-state index is 15.6. The Morgan fingerprint density at radius 3 is 2.56 bits per heavy atom. The van der Waals surface area contributed by atoms with Crippen LogP contribution in [-0.2, 0) is 6.42 Å². The quantitative estimate of drug-likeness (QED) is 0.589. The van der Waals surface area contributed by atoms with Gasteiger partial charge < -0.3 is 14.7 Å². The van der Waals surface area contributed by atoms with E-state index >= 15 is 4.39 Å². The zero-order valence-corrected chi connectivity index (χ0v) is 20.6. The van der Waals surface area contributed by atoms with Gasteiger partial charge in [-0.15, -0.1) is 0 Å². The predicted molar refractivity (Wildman–Crippen MR) is 131 cm³/mol. The molecule has 0 unspecified atom stereocenters. The molecule has 2 aromatic carbocycles. The van der Waals surface area contributed by atoms with Crippen LogP contribution in [0.3, 0.4) is 0 Å². The summed E-state index contributed by atoms with van der Waals surface area (Å²) in [5.74, 6) is 0.779. The van der Waals surface area contributed by atoms with Crippen molar-refractivity contribution >= 4 is 6.09 Å². The van der Waals surface area contributed by atoms with Crippen LogP contribution in [-0.4, -0.2) is 52.8 Å². The highest BCUT2D eigenvalue weighted by Crippen LogP contribution is 2.52. The molecule has 182 valence electrons. The highest BCUT2D eigenvalue weighted by molar-refractivity contribution is 5.70. The first kappa shape index (κ1) is 23.2. The van der Waals surface area contributed by atoms with E-state index in [1.54, 1.807) is 11.0 Å². The molecule has 0 radical (unpaired) electrons. The minimum atomic E-state index is -0.896. The maximum Gasteiger partial charge on any atom is 0.408 e. The number of ether oxygens (including phenoxy) is 1. The van der Waals surface area contributed by atoms with E-state index in [2.05, 4.69) is 18.7 Å². The maximum absolute atomic E-state index is 15.6. The molecule has 5 nitrogen and oxygen atoms in total. The summed E-state index contributed by atoms with van der Waals surface area (Å²) in [5.41, 5.74) is 2.84. The number of rotatable bonds is 5. The fourth-order valence-electron chi connectivity index (χ4n) is 6.50. The summed E-state index contributed by atoms with van der Waals surface area (Å²) in [6, 6.07) is 10.7. The number of fused-ring (bicyclic) bond motifs is 4. The summed E-state index contributed by atoms with van der Waals surface area (Å²) >= 11 is 0. The minimum absolute atomic E-state index is 0.0371. The zero-order valence-electron chi connectivity index (χ0n) is 20.6. The Morgan fingerprint density at radius 1 is 1.21 bits per heavy atom. The van der Waals surface area contributed by atoms with Gasteiger partial charge in [0, 0.05) is 12.1 Å². The van der Waals surface area contributed by atoms with E-state index in [1.807, 2.05) is 44.2 Å². The third-order valence-corrected chi connectivity index (χ3v) is 7.90. The molecule has 3 saturated heterocycles. The van der Waals surface area contributed by atoms with Gasteiger partial charge in [-0.3, -0.25) is 4.90 Å². The third-order valence-electron chi connectivity index (χ3n) is 7.90. The lowest BCUT2D eigenvalue weighted by molar-refractivity contribution is -0.0267. The van der Waals surface area contributed by atoms with Gasteiger partial charge in [-0.2, -0.15) is 0 Å². The van der Waals surface area contributed by atoms with Crippen molar-refractivity contribution in [1.29, 1.82) is 0 Å². The summed E-state index contributed by atoms with van der Waals surface area (Å²) in [6.07, 6.45) is 1.93. The van der Waals surface area contributed by atoms with E-state index in [1.165, 1.54) is 0 Å². The van der Waals surface area contributed by atoms with E-state index in [9.17, 15) is 9.90 Å². The van der Waals surface area contributed by atoms with Gasteiger partial charge in [-0.25, -0.2) is 9.18 Å². The van der Waals surface area contributed by atoms with Crippen LogP contribution >= 0.6 is 0 Å². The molecule has 3 aliphatic heterocycles. The van der Waals surface area contributed by atoms with Crippen LogP contribution in [0.15, 0.2) is 36.4 Å². The van der Waals surface area contributed by atoms with Gasteiger partial charge >= 0.3 is 6.09 Å². The molecule has 34 heavy (non-hydrogen) atoms. The third kappa shape index (κ3) is 4.06. The molecule has 3 heterocycles. The standard InChI is InChI=1S/C28H35FN2O3/c1-17(2)34-21-7-5-6-19(12-21)22-13-20-15-28(3,4)26(23(20)14-24(22)29)31(27(32)33)25-16-30-10-8-18(25)9-11-30/h5-7,12-14,17-18,25-26H,8-11,15-16H2,1-4H3,(H,32,33)/t25-,26+/m1/s1. The number of benzene rings is 2. The predicted octanol–water partition coefficient (Wildman–Crippen LogP) is 5.98. The first-order valence-electron chi connectivity index (χ1n) is 12.5. The molecule has 6 heteroatoms. The normalized spacial score (nSPS) is 27.0. The number of piperidine rings is 3. The van der Waals surface area contributed by atoms with Crippen LogP contribution in [0, 0.1) is 17.2 Å². The van der Waals surface area contributed by atoms with E-state index in [0.717, 1.165) is 49.2 Å². The summed E-state index contributed by atoms with van der Waals surface area (Å²) in [6.45, 7) is 11.0. The van der Waals surface area contributed by atoms with Crippen molar-refractivity contribution < 1.29 is 19.0 Å². The molecule has 0 aromatic heterocycles. The van der Waals surface area contributed by atoms with E-state index < -0.39 is 6.09 Å². The average molecular weight is 467 g/mol. The molecule has 0 spiro atoms. The number of amides is 1. The Balaban J connectivity index is 1.53. The van der Waals surface area contributed by atoms with Crippen LogP contribution < -0.4 is 4.74 Å². The van der Waals surface area contributed by atoms with E-state index in [0.29, 0.717) is 23.7 Å². The lowest BCUT2D eigenvalue weighted by Gasteiger charge is -2.51. The van der Waals surface area contributed by atoms with Crippen molar-refractivity contribution in [2.24, 2.45) is 11.3 Å². The van der Waals surface area contributed by atoms with Gasteiger partial charge in [0.2, 0.25) is 0 Å². The Morgan fingerprint density at radius 2 is 1.94 bits per heavy atom. The van der Waals surface area contributed by atoms with Gasteiger partial charge in [0.05, 0.1) is 18.2 Å². The van der Waals surface area contributed by atoms with Gasteiger partial charge in [0.15, 0.2) is 0 Å². The highest BCUT2D eigenvalue weighted by Gasteiger charge is 2.50. The lowest BCUT2D eigenvalue weighted by atomic mass is 9.79. The van der Waals surface area contributed by atoms with Gasteiger partial charge in [0.25, 0.3) is 0 Å². The SMILES string of the molecule is CC(C)Oc1cccc(-c2cc3c(cc2F)[C@H](N(C(=O)O)[C@@H]2CN4CCC2CC4)C(C)(C)C3)c1. The van der Waals surface area contributed by atoms with Crippen molar-refractivity contribution in [3.8, 4) is 16.9 Å². The topological polar surface area (TPSA) is 53.0 Å². The first-order valence-corrected chi connectivity index (χ1v) is 12.5. The molecule has 2 bridgehead atoms. The van der Waals surface area contributed by atoms with Gasteiger partial charge in [0.1, 0.15) is 11.6 Å². The lowest BCUT2D eigenvalue weighted by Crippen LogP contribution is -2.60. The molecular weight excluding hydrogens is 431 g/mol. The molecule has 3 fully saturated rings. The Kier molecular flexibility index (Phi) is 5.83. The largest absolute Gasteiger partial charge is 0.491 e. The molecule has 1 N–H and O–H groups in total. The molecule has 1 amide bonds. The minimum Gasteiger partial charge on any atom is -0.491 e. The van der Waals surface area contributed by atoms with E-state index in [4.69, 9.17) is 4.74 Å². The number of carbonyl (C=O) groups is 1. The number of hydrogen-bond donors (Lipinski definition) is 1. The van der Waals surface area contributed by atoms with Crippen molar-refractivity contribution in [2.75, 3.05) is 19.6 Å². The number of hydrogen-bond acceptors (Lipinski definition) is 3. The molecule has 1 aliphatic carbocycles. The molecule has 2 aromatic rings. The Hall–Kier alpha value is -2.60. The van der Waals surface area contributed by atoms with Gasteiger partial charge in [-0.05, 0) is 98.5 Å². The van der Waals surface area contributed by atoms with Crippen LogP contribution in [0.25, 0.3) is 11.1 Å².